The van der Waals surface area contributed by atoms with Gasteiger partial charge in [-0.2, -0.15) is 162 Å². The molecule has 0 aliphatic rings. The van der Waals surface area contributed by atoms with Gasteiger partial charge in [0, 0.05) is 0 Å². The molecule has 0 atom stereocenters. The van der Waals surface area contributed by atoms with E-state index < -0.39 is 0 Å². The first-order valence-corrected chi connectivity index (χ1v) is 0. The molecule has 0 N–H and O–H groups in total. The van der Waals surface area contributed by atoms with E-state index in [1.807, 2.05) is 0 Å². The van der Waals surface area contributed by atoms with E-state index in [1.165, 1.54) is 0 Å². The maximum atomic E-state index is 0. The van der Waals surface area contributed by atoms with E-state index in [9.17, 15) is 0 Å². The van der Waals surface area contributed by atoms with Gasteiger partial charge in [0.2, 0.25) is 0 Å². The van der Waals surface area contributed by atoms with Crippen LogP contribution in [0, 0.1) is 0 Å². The normalized spacial score (nSPS) is 0. The summed E-state index contributed by atoms with van der Waals surface area (Å²) < 4.78 is 0. The molecule has 0 aliphatic carbocycles. The largest absolute Gasteiger partial charge is 0.197 e. The molecule has 0 aromatic carbocycles. The van der Waals surface area contributed by atoms with Crippen LogP contribution < -0.4 is 0 Å². The van der Waals surface area contributed by atoms with Gasteiger partial charge in [-0.15, -0.1) is 0 Å². The fourth-order valence-corrected chi connectivity index (χ4v) is 0. The van der Waals surface area contributed by atoms with Gasteiger partial charge in [0.1, 0.15) is 0 Å². The fraction of sp³-hybridized carbons (Fsp3) is 0. The minimum absolute atomic E-state index is 0. The predicted molar refractivity (Wildman–Crippen MR) is 125 cm³/mol. The van der Waals surface area contributed by atoms with Crippen LogP contribution in [0.1, 0.15) is 0 Å². The van der Waals surface area contributed by atoms with Crippen molar-refractivity contribution in [1.29, 1.82) is 0 Å². The van der Waals surface area contributed by atoms with E-state index in [-0.39, 0.29) is 162 Å². The molecule has 0 bridgehead atoms. The van der Waals surface area contributed by atoms with E-state index in [0.29, 0.717) is 0 Å². The van der Waals surface area contributed by atoms with Crippen LogP contribution in [-0.4, -0.2) is 0 Å². The van der Waals surface area contributed by atoms with Crippen molar-refractivity contribution < 1.29 is 0 Å². The smallest absolute Gasteiger partial charge is 0.197 e. The second-order valence-corrected chi connectivity index (χ2v) is 0. The molecule has 0 saturated heterocycles. The summed E-state index contributed by atoms with van der Waals surface area (Å²) in [5.74, 6) is 0. The molecule has 0 spiro atoms. The van der Waals surface area contributed by atoms with Crippen molar-refractivity contribution in [2.75, 3.05) is 0 Å². The van der Waals surface area contributed by atoms with Gasteiger partial charge in [0.25, 0.3) is 0 Å². The van der Waals surface area contributed by atoms with Gasteiger partial charge in [-0.25, -0.2) is 0 Å². The molecule has 12 heteroatoms. The molecule has 0 amide bonds. The van der Waals surface area contributed by atoms with Gasteiger partial charge in [0.05, 0.1) is 0 Å². The third-order valence-electron chi connectivity index (χ3n) is 0. The monoisotopic (exact) mass is 408 g/mol. The summed E-state index contributed by atoms with van der Waals surface area (Å²) in [7, 11) is 0. The zero-order valence-corrected chi connectivity index (χ0v) is 18.0. The number of rotatable bonds is 0. The highest BCUT2D eigenvalue weighted by atomic mass is 32.1. The van der Waals surface area contributed by atoms with Crippen LogP contribution in [0.4, 0.5) is 0 Å². The molecule has 0 heterocycles. The first-order valence-electron chi connectivity index (χ1n) is 0. The average Bonchev–Trinajstić information content (AvgIpc) is 0. The second-order valence-electron chi connectivity index (χ2n) is 0. The van der Waals surface area contributed by atoms with Gasteiger partial charge < -0.3 is 0 Å². The Hall–Kier alpha value is 4.20. The van der Waals surface area contributed by atoms with Crippen molar-refractivity contribution >= 4 is 162 Å². The molecule has 0 nitrogen and oxygen atoms in total. The Bertz CT molecular complexity index is 0. The van der Waals surface area contributed by atoms with E-state index >= 15 is 0 Å². The van der Waals surface area contributed by atoms with Crippen molar-refractivity contribution in [3.05, 3.63) is 0 Å². The molecule has 12 heavy (non-hydrogen) atoms. The summed E-state index contributed by atoms with van der Waals surface area (Å²) in [5.41, 5.74) is 0. The SMILES string of the molecule is S.S.S.S.S.S.S.S.S.S.S.S. The standard InChI is InChI=1S/12H2S/h12*1H2. The molecule has 0 aromatic rings. The van der Waals surface area contributed by atoms with E-state index in [4.69, 9.17) is 0 Å². The summed E-state index contributed by atoms with van der Waals surface area (Å²) in [6.07, 6.45) is 0. The molecule has 0 radical (unpaired) electrons. The van der Waals surface area contributed by atoms with Crippen molar-refractivity contribution in [1.82, 2.24) is 0 Å². The zero-order valence-electron chi connectivity index (χ0n) is 6.00. The van der Waals surface area contributed by atoms with Gasteiger partial charge >= 0.3 is 0 Å². The minimum atomic E-state index is 0. The molecule has 0 unspecified atom stereocenters. The summed E-state index contributed by atoms with van der Waals surface area (Å²) >= 11 is 0. The van der Waals surface area contributed by atoms with Crippen molar-refractivity contribution in [3.8, 4) is 0 Å². The molecule has 96 valence electrons. The van der Waals surface area contributed by atoms with Crippen LogP contribution in [0.5, 0.6) is 0 Å². The van der Waals surface area contributed by atoms with Crippen LogP contribution in [0.2, 0.25) is 0 Å². The van der Waals surface area contributed by atoms with Gasteiger partial charge in [-0.3, -0.25) is 0 Å². The van der Waals surface area contributed by atoms with Crippen molar-refractivity contribution in [2.45, 2.75) is 0 Å². The maximum absolute atomic E-state index is 0. The lowest BCUT2D eigenvalue weighted by molar-refractivity contribution is 7.59. The maximum Gasteiger partial charge on any atom is -0.197 e. The molecule has 0 rings (SSSR count). The third-order valence-corrected chi connectivity index (χ3v) is 0. The Morgan fingerprint density at radius 2 is 0.0833 bits per heavy atom. The zero-order chi connectivity index (χ0) is 0. The third kappa shape index (κ3) is 140. The molecule has 0 fully saturated rings. The van der Waals surface area contributed by atoms with Gasteiger partial charge in [-0.1, -0.05) is 0 Å². The molecular weight excluding hydrogens is 385 g/mol. The lowest BCUT2D eigenvalue weighted by Gasteiger charge is -0.198. The average molecular weight is 409 g/mol. The Morgan fingerprint density at radius 1 is 0.0833 bits per heavy atom. The highest BCUT2D eigenvalue weighted by molar-refractivity contribution is 7.60. The summed E-state index contributed by atoms with van der Waals surface area (Å²) in [6.45, 7) is 0. The summed E-state index contributed by atoms with van der Waals surface area (Å²) in [6, 6.07) is 0. The van der Waals surface area contributed by atoms with Crippen LogP contribution in [0.15, 0.2) is 0 Å². The second kappa shape index (κ2) is 174. The van der Waals surface area contributed by atoms with Crippen LogP contribution >= 0.6 is 162 Å². The Kier molecular flexibility index (Phi) is 3070. The topological polar surface area (TPSA) is 0 Å². The van der Waals surface area contributed by atoms with Gasteiger partial charge in [0.15, 0.2) is 0 Å². The number of hydrogen-bond acceptors (Lipinski definition) is 0. The van der Waals surface area contributed by atoms with E-state index in [1.54, 1.807) is 0 Å². The summed E-state index contributed by atoms with van der Waals surface area (Å²) in [5, 5.41) is 0. The van der Waals surface area contributed by atoms with E-state index in [2.05, 4.69) is 0 Å². The quantitative estimate of drug-likeness (QED) is 0.567. The first-order chi connectivity index (χ1) is 0. The highest BCUT2D eigenvalue weighted by Crippen LogP contribution is 0.659. The van der Waals surface area contributed by atoms with E-state index in [0.717, 1.165) is 0 Å². The molecular formula is H24S12. The van der Waals surface area contributed by atoms with Crippen LogP contribution in [0.3, 0.4) is 0 Å². The highest BCUT2D eigenvalue weighted by Gasteiger charge is -0.186. The lowest BCUT2D eigenvalue weighted by Crippen LogP contribution is 0.647. The Labute approximate surface area is 160 Å². The first kappa shape index (κ1) is 212. The van der Waals surface area contributed by atoms with Crippen LogP contribution in [-0.2, 0) is 0 Å². The predicted octanol–water partition coefficient (Wildman–Crippen LogP) is 1.35. The Balaban J connectivity index is 0. The molecule has 0 saturated carbocycles. The summed E-state index contributed by atoms with van der Waals surface area (Å²) in [4.78, 5) is 0. The van der Waals surface area contributed by atoms with Crippen LogP contribution in [0.25, 0.3) is 0 Å². The minimum Gasteiger partial charge on any atom is -0.197 e. The number of hydrogen-bond donors (Lipinski definition) is 0. The lowest BCUT2D eigenvalue weighted by atomic mass is 32.1. The molecule has 0 aromatic heterocycles. The Morgan fingerprint density at radius 3 is 0.0833 bits per heavy atom. The molecule has 0 aliphatic heterocycles. The van der Waals surface area contributed by atoms with Gasteiger partial charge in [-0.05, 0) is 0 Å². The van der Waals surface area contributed by atoms with Crippen molar-refractivity contribution in [3.63, 3.8) is 0 Å². The fourth-order valence-electron chi connectivity index (χ4n) is 0. The van der Waals surface area contributed by atoms with Crippen molar-refractivity contribution in [2.24, 2.45) is 0 Å².